The molecule has 33 heavy (non-hydrogen) atoms. The zero-order valence-corrected chi connectivity index (χ0v) is 21.4. The lowest BCUT2D eigenvalue weighted by atomic mass is 10.00. The van der Waals surface area contributed by atoms with Gasteiger partial charge in [-0.25, -0.2) is 0 Å². The van der Waals surface area contributed by atoms with Gasteiger partial charge < -0.3 is 19.5 Å². The van der Waals surface area contributed by atoms with Gasteiger partial charge in [0.05, 0.1) is 31.4 Å². The molecule has 1 aliphatic rings. The number of aryl methyl sites for hydroxylation is 2. The highest BCUT2D eigenvalue weighted by molar-refractivity contribution is 7.10. The number of hydrogen-bond donors (Lipinski definition) is 1. The topological polar surface area (TPSA) is 62.2 Å². The van der Waals surface area contributed by atoms with Gasteiger partial charge in [-0.1, -0.05) is 24.6 Å². The first kappa shape index (κ1) is 25.7. The highest BCUT2D eigenvalue weighted by atomic mass is 32.1. The largest absolute Gasteiger partial charge is 0.491 e. The number of thiophene rings is 1. The minimum absolute atomic E-state index is 0.0694. The second-order valence-corrected chi connectivity index (χ2v) is 10.1. The predicted octanol–water partition coefficient (Wildman–Crippen LogP) is 3.98. The number of nitrogens with zero attached hydrogens (tertiary/aromatic N) is 2. The number of carbonyl (C=O) groups is 1. The molecule has 0 bridgehead atoms. The van der Waals surface area contributed by atoms with E-state index in [0.717, 1.165) is 17.7 Å². The third-order valence-corrected chi connectivity index (χ3v) is 7.04. The highest BCUT2D eigenvalue weighted by Crippen LogP contribution is 2.34. The summed E-state index contributed by atoms with van der Waals surface area (Å²) in [5.74, 6) is 0.929. The summed E-state index contributed by atoms with van der Waals surface area (Å²) in [7, 11) is 0. The fourth-order valence-electron chi connectivity index (χ4n) is 4.25. The number of ether oxygens (including phenoxy) is 2. The van der Waals surface area contributed by atoms with Crippen LogP contribution in [0, 0.1) is 13.8 Å². The Hall–Kier alpha value is -1.93. The molecule has 0 aliphatic carbocycles. The maximum Gasteiger partial charge on any atom is 0.237 e. The molecule has 0 saturated carbocycles. The van der Waals surface area contributed by atoms with Gasteiger partial charge in [0, 0.05) is 18.0 Å². The third kappa shape index (κ3) is 7.03. The average molecular weight is 475 g/mol. The number of benzene rings is 1. The Morgan fingerprint density at radius 1 is 1.30 bits per heavy atom. The highest BCUT2D eigenvalue weighted by Gasteiger charge is 2.33. The molecule has 1 amide bonds. The minimum atomic E-state index is -0.617. The van der Waals surface area contributed by atoms with Crippen molar-refractivity contribution in [2.45, 2.75) is 59.3 Å². The molecule has 0 fully saturated rings. The first-order valence-electron chi connectivity index (χ1n) is 11.9. The number of carbonyl (C=O) groups excluding carboxylic acids is 1. The van der Waals surface area contributed by atoms with E-state index in [1.165, 1.54) is 16.0 Å². The molecule has 0 saturated heterocycles. The second kappa shape index (κ2) is 12.0. The molecule has 2 heterocycles. The van der Waals surface area contributed by atoms with Crippen LogP contribution in [0.1, 0.15) is 48.4 Å². The van der Waals surface area contributed by atoms with Gasteiger partial charge in [0.1, 0.15) is 12.4 Å². The van der Waals surface area contributed by atoms with Gasteiger partial charge in [-0.05, 0) is 69.3 Å². The lowest BCUT2D eigenvalue weighted by Gasteiger charge is -2.37. The molecule has 3 rings (SSSR count). The van der Waals surface area contributed by atoms with Crippen molar-refractivity contribution >= 4 is 17.2 Å². The Kier molecular flexibility index (Phi) is 9.32. The number of aliphatic hydroxyl groups is 1. The van der Waals surface area contributed by atoms with Crippen LogP contribution in [0.4, 0.5) is 0 Å². The van der Waals surface area contributed by atoms with E-state index in [1.54, 1.807) is 11.3 Å². The zero-order valence-electron chi connectivity index (χ0n) is 20.5. The van der Waals surface area contributed by atoms with Crippen LogP contribution in [0.25, 0.3) is 0 Å². The van der Waals surface area contributed by atoms with E-state index in [0.29, 0.717) is 26.2 Å². The lowest BCUT2D eigenvalue weighted by Crippen LogP contribution is -2.48. The summed E-state index contributed by atoms with van der Waals surface area (Å²) in [6, 6.07) is 8.19. The fraction of sp³-hybridized carbons (Fsp3) is 0.577. The molecule has 1 aromatic heterocycles. The maximum absolute atomic E-state index is 13.4. The van der Waals surface area contributed by atoms with Gasteiger partial charge in [0.15, 0.2) is 0 Å². The quantitative estimate of drug-likeness (QED) is 0.534. The zero-order chi connectivity index (χ0) is 24.0. The summed E-state index contributed by atoms with van der Waals surface area (Å²) in [5.41, 5.74) is 3.50. The predicted molar refractivity (Wildman–Crippen MR) is 133 cm³/mol. The van der Waals surface area contributed by atoms with Gasteiger partial charge in [-0.2, -0.15) is 0 Å². The Bertz CT molecular complexity index is 913. The van der Waals surface area contributed by atoms with Crippen molar-refractivity contribution in [3.05, 3.63) is 51.2 Å². The number of likely N-dealkylation sites (N-methyl/N-ethyl adjacent to an activating group) is 1. The van der Waals surface area contributed by atoms with E-state index in [9.17, 15) is 9.90 Å². The van der Waals surface area contributed by atoms with Crippen LogP contribution in [0.3, 0.4) is 0 Å². The Balaban J connectivity index is 1.68. The molecule has 6 nitrogen and oxygen atoms in total. The molecule has 0 unspecified atom stereocenters. The van der Waals surface area contributed by atoms with Crippen LogP contribution in [0.2, 0.25) is 0 Å². The average Bonchev–Trinajstić information content (AvgIpc) is 3.25. The summed E-state index contributed by atoms with van der Waals surface area (Å²) < 4.78 is 11.7. The van der Waals surface area contributed by atoms with Gasteiger partial charge in [-0.15, -0.1) is 11.3 Å². The van der Waals surface area contributed by atoms with E-state index in [2.05, 4.69) is 37.4 Å². The van der Waals surface area contributed by atoms with Crippen molar-refractivity contribution < 1.29 is 19.4 Å². The van der Waals surface area contributed by atoms with Gasteiger partial charge in [-0.3, -0.25) is 9.69 Å². The van der Waals surface area contributed by atoms with Gasteiger partial charge in [0.2, 0.25) is 5.91 Å². The van der Waals surface area contributed by atoms with Gasteiger partial charge >= 0.3 is 0 Å². The molecule has 2 aromatic rings. The number of hydrogen-bond acceptors (Lipinski definition) is 6. The van der Waals surface area contributed by atoms with Crippen LogP contribution in [0.15, 0.2) is 29.6 Å². The molecule has 0 radical (unpaired) electrons. The van der Waals surface area contributed by atoms with E-state index < -0.39 is 6.10 Å². The van der Waals surface area contributed by atoms with Crippen molar-refractivity contribution in [3.63, 3.8) is 0 Å². The van der Waals surface area contributed by atoms with Crippen molar-refractivity contribution in [3.8, 4) is 5.75 Å². The minimum Gasteiger partial charge on any atom is -0.491 e. The SMILES string of the molecule is CCN(CC(=O)N1CCc2sccc2[C@@H]1COc1ccc(C)cc1C)C[C@H](O)COC(C)C. The van der Waals surface area contributed by atoms with Crippen LogP contribution >= 0.6 is 11.3 Å². The molecule has 7 heteroatoms. The number of fused-ring (bicyclic) bond motifs is 1. The van der Waals surface area contributed by atoms with Crippen LogP contribution in [-0.4, -0.2) is 72.4 Å². The standard InChI is InChI=1S/C26H38N2O4S/c1-6-27(14-21(29)16-31-18(2)3)15-26(30)28-11-9-25-22(10-12-33-25)23(28)17-32-24-8-7-19(4)13-20(24)5/h7-8,10,12-13,18,21,23,29H,6,9,11,14-17H2,1-5H3/t21-,23-/m0/s1. The first-order chi connectivity index (χ1) is 15.8. The molecule has 1 N–H and O–H groups in total. The molecular weight excluding hydrogens is 436 g/mol. The molecular formula is C26H38N2O4S. The van der Waals surface area contributed by atoms with Crippen molar-refractivity contribution in [2.75, 3.05) is 39.4 Å². The Labute approximate surface area is 202 Å². The molecule has 2 atom stereocenters. The number of amides is 1. The smallest absolute Gasteiger partial charge is 0.237 e. The van der Waals surface area contributed by atoms with Gasteiger partial charge in [0.25, 0.3) is 0 Å². The van der Waals surface area contributed by atoms with Crippen LogP contribution in [-0.2, 0) is 16.0 Å². The summed E-state index contributed by atoms with van der Waals surface area (Å²) in [4.78, 5) is 18.7. The van der Waals surface area contributed by atoms with E-state index in [-0.39, 0.29) is 31.2 Å². The van der Waals surface area contributed by atoms with E-state index >= 15 is 0 Å². The Morgan fingerprint density at radius 3 is 2.79 bits per heavy atom. The summed E-state index contributed by atoms with van der Waals surface area (Å²) in [6.45, 7) is 12.8. The van der Waals surface area contributed by atoms with Crippen LogP contribution in [0.5, 0.6) is 5.75 Å². The normalized spacial score (nSPS) is 16.8. The maximum atomic E-state index is 13.4. The molecule has 1 aromatic carbocycles. The van der Waals surface area contributed by atoms with E-state index in [1.807, 2.05) is 36.6 Å². The van der Waals surface area contributed by atoms with E-state index in [4.69, 9.17) is 9.47 Å². The fourth-order valence-corrected chi connectivity index (χ4v) is 5.17. The number of aliphatic hydroxyl groups excluding tert-OH is 1. The first-order valence-corrected chi connectivity index (χ1v) is 12.7. The second-order valence-electron chi connectivity index (χ2n) is 9.10. The summed E-state index contributed by atoms with van der Waals surface area (Å²) >= 11 is 1.75. The molecule has 0 spiro atoms. The van der Waals surface area contributed by atoms with Crippen molar-refractivity contribution in [2.24, 2.45) is 0 Å². The van der Waals surface area contributed by atoms with Crippen molar-refractivity contribution in [1.29, 1.82) is 0 Å². The Morgan fingerprint density at radius 2 is 2.09 bits per heavy atom. The molecule has 182 valence electrons. The molecule has 1 aliphatic heterocycles. The number of rotatable bonds is 11. The monoisotopic (exact) mass is 474 g/mol. The summed E-state index contributed by atoms with van der Waals surface area (Å²) in [6.07, 6.45) is 0.326. The van der Waals surface area contributed by atoms with Crippen molar-refractivity contribution in [1.82, 2.24) is 9.80 Å². The lowest BCUT2D eigenvalue weighted by molar-refractivity contribution is -0.136. The summed E-state index contributed by atoms with van der Waals surface area (Å²) in [5, 5.41) is 12.4. The third-order valence-electron chi connectivity index (χ3n) is 6.04. The van der Waals surface area contributed by atoms with Crippen LogP contribution < -0.4 is 4.74 Å².